The average Bonchev–Trinajstić information content (AvgIpc) is 2.97. The fourth-order valence-corrected chi connectivity index (χ4v) is 1.92. The van der Waals surface area contributed by atoms with Gasteiger partial charge < -0.3 is 4.74 Å². The van der Waals surface area contributed by atoms with Crippen LogP contribution < -0.4 is 4.74 Å². The SMILES string of the molecule is Cc1ccc(Cc2nn[nH]n2)cc1Oc1ccccc1. The molecule has 20 heavy (non-hydrogen) atoms. The largest absolute Gasteiger partial charge is 0.457 e. The van der Waals surface area contributed by atoms with Gasteiger partial charge in [0.2, 0.25) is 0 Å². The van der Waals surface area contributed by atoms with Gasteiger partial charge in [-0.15, -0.1) is 10.2 Å². The van der Waals surface area contributed by atoms with Crippen molar-refractivity contribution < 1.29 is 4.74 Å². The molecular weight excluding hydrogens is 252 g/mol. The van der Waals surface area contributed by atoms with E-state index in [2.05, 4.69) is 20.6 Å². The Morgan fingerprint density at radius 1 is 1.10 bits per heavy atom. The zero-order chi connectivity index (χ0) is 13.8. The predicted molar refractivity (Wildman–Crippen MR) is 74.7 cm³/mol. The van der Waals surface area contributed by atoms with Gasteiger partial charge in [-0.1, -0.05) is 35.5 Å². The number of H-pyrrole nitrogens is 1. The molecule has 1 aromatic heterocycles. The molecule has 1 N–H and O–H groups in total. The van der Waals surface area contributed by atoms with Crippen LogP contribution in [-0.4, -0.2) is 20.6 Å². The lowest BCUT2D eigenvalue weighted by molar-refractivity contribution is 0.478. The molecule has 0 saturated carbocycles. The van der Waals surface area contributed by atoms with E-state index in [1.165, 1.54) is 0 Å². The van der Waals surface area contributed by atoms with Crippen LogP contribution >= 0.6 is 0 Å². The van der Waals surface area contributed by atoms with Gasteiger partial charge in [0.15, 0.2) is 5.82 Å². The summed E-state index contributed by atoms with van der Waals surface area (Å²) in [4.78, 5) is 0. The minimum Gasteiger partial charge on any atom is -0.457 e. The summed E-state index contributed by atoms with van der Waals surface area (Å²) in [7, 11) is 0. The maximum atomic E-state index is 5.90. The van der Waals surface area contributed by atoms with Crippen LogP contribution in [0.4, 0.5) is 0 Å². The summed E-state index contributed by atoms with van der Waals surface area (Å²) in [5, 5.41) is 13.9. The molecule has 3 rings (SSSR count). The van der Waals surface area contributed by atoms with E-state index in [9.17, 15) is 0 Å². The van der Waals surface area contributed by atoms with Crippen LogP contribution in [0.25, 0.3) is 0 Å². The number of ether oxygens (including phenoxy) is 1. The van der Waals surface area contributed by atoms with Gasteiger partial charge in [0.25, 0.3) is 0 Å². The molecule has 0 amide bonds. The van der Waals surface area contributed by atoms with Crippen LogP contribution in [0.3, 0.4) is 0 Å². The highest BCUT2D eigenvalue weighted by molar-refractivity contribution is 5.40. The van der Waals surface area contributed by atoms with E-state index in [-0.39, 0.29) is 0 Å². The van der Waals surface area contributed by atoms with Crippen molar-refractivity contribution >= 4 is 0 Å². The van der Waals surface area contributed by atoms with Crippen molar-refractivity contribution in [3.8, 4) is 11.5 Å². The Morgan fingerprint density at radius 3 is 2.70 bits per heavy atom. The van der Waals surface area contributed by atoms with E-state index >= 15 is 0 Å². The summed E-state index contributed by atoms with van der Waals surface area (Å²) in [6.07, 6.45) is 0.627. The van der Waals surface area contributed by atoms with Gasteiger partial charge in [0, 0.05) is 6.42 Å². The zero-order valence-corrected chi connectivity index (χ0v) is 11.1. The summed E-state index contributed by atoms with van der Waals surface area (Å²) in [5.74, 6) is 2.34. The molecule has 2 aromatic carbocycles. The molecule has 100 valence electrons. The lowest BCUT2D eigenvalue weighted by Gasteiger charge is -2.10. The number of benzene rings is 2. The third-order valence-corrected chi connectivity index (χ3v) is 2.98. The first-order chi connectivity index (χ1) is 9.81. The lowest BCUT2D eigenvalue weighted by Crippen LogP contribution is -1.94. The second-order valence-corrected chi connectivity index (χ2v) is 4.52. The number of aromatic amines is 1. The standard InChI is InChI=1S/C15H14N4O/c1-11-7-8-12(10-15-16-18-19-17-15)9-14(11)20-13-5-3-2-4-6-13/h2-9H,10H2,1H3,(H,16,17,18,19). The fraction of sp³-hybridized carbons (Fsp3) is 0.133. The van der Waals surface area contributed by atoms with E-state index in [1.807, 2.05) is 55.5 Å². The molecule has 0 aliphatic rings. The van der Waals surface area contributed by atoms with Gasteiger partial charge in [0.05, 0.1) is 0 Å². The zero-order valence-electron chi connectivity index (χ0n) is 11.1. The van der Waals surface area contributed by atoms with E-state index in [4.69, 9.17) is 4.74 Å². The fourth-order valence-electron chi connectivity index (χ4n) is 1.92. The molecule has 0 aliphatic heterocycles. The molecule has 3 aromatic rings. The Bertz CT molecular complexity index is 680. The summed E-state index contributed by atoms with van der Waals surface area (Å²) in [5.41, 5.74) is 2.17. The molecule has 0 bridgehead atoms. The third-order valence-electron chi connectivity index (χ3n) is 2.98. The Kier molecular flexibility index (Phi) is 3.41. The Labute approximate surface area is 116 Å². The normalized spacial score (nSPS) is 10.4. The van der Waals surface area contributed by atoms with E-state index in [1.54, 1.807) is 0 Å². The van der Waals surface area contributed by atoms with Crippen LogP contribution in [0.5, 0.6) is 11.5 Å². The predicted octanol–water partition coefficient (Wildman–Crippen LogP) is 2.89. The monoisotopic (exact) mass is 266 g/mol. The van der Waals surface area contributed by atoms with Crippen molar-refractivity contribution in [3.05, 3.63) is 65.5 Å². The molecule has 0 spiro atoms. The Hall–Kier alpha value is -2.69. The molecule has 0 radical (unpaired) electrons. The van der Waals surface area contributed by atoms with Crippen molar-refractivity contribution in [3.63, 3.8) is 0 Å². The Balaban J connectivity index is 1.83. The van der Waals surface area contributed by atoms with Gasteiger partial charge >= 0.3 is 0 Å². The number of nitrogens with zero attached hydrogens (tertiary/aromatic N) is 3. The van der Waals surface area contributed by atoms with Crippen LogP contribution in [0.1, 0.15) is 17.0 Å². The number of aromatic nitrogens is 4. The van der Waals surface area contributed by atoms with Gasteiger partial charge in [-0.05, 0) is 36.2 Å². The Morgan fingerprint density at radius 2 is 1.95 bits per heavy atom. The van der Waals surface area contributed by atoms with E-state index in [0.717, 1.165) is 22.6 Å². The first-order valence-corrected chi connectivity index (χ1v) is 6.36. The molecule has 1 heterocycles. The highest BCUT2D eigenvalue weighted by atomic mass is 16.5. The number of aryl methyl sites for hydroxylation is 1. The van der Waals surface area contributed by atoms with Crippen molar-refractivity contribution in [2.75, 3.05) is 0 Å². The number of tetrazole rings is 1. The van der Waals surface area contributed by atoms with Gasteiger partial charge in [-0.25, -0.2) is 0 Å². The molecule has 0 unspecified atom stereocenters. The van der Waals surface area contributed by atoms with Gasteiger partial charge in [-0.3, -0.25) is 0 Å². The van der Waals surface area contributed by atoms with Crippen molar-refractivity contribution in [1.82, 2.24) is 20.6 Å². The van der Waals surface area contributed by atoms with E-state index < -0.39 is 0 Å². The van der Waals surface area contributed by atoms with Crippen molar-refractivity contribution in [1.29, 1.82) is 0 Å². The summed E-state index contributed by atoms with van der Waals surface area (Å²) in [6, 6.07) is 15.8. The smallest absolute Gasteiger partial charge is 0.178 e. The maximum Gasteiger partial charge on any atom is 0.178 e. The summed E-state index contributed by atoms with van der Waals surface area (Å²) >= 11 is 0. The molecular formula is C15H14N4O. The van der Waals surface area contributed by atoms with E-state index in [0.29, 0.717) is 12.2 Å². The summed E-state index contributed by atoms with van der Waals surface area (Å²) < 4.78 is 5.90. The second kappa shape index (κ2) is 5.52. The molecule has 5 heteroatoms. The first-order valence-electron chi connectivity index (χ1n) is 6.36. The minimum atomic E-state index is 0.627. The number of para-hydroxylation sites is 1. The lowest BCUT2D eigenvalue weighted by atomic mass is 10.1. The second-order valence-electron chi connectivity index (χ2n) is 4.52. The number of nitrogens with one attached hydrogen (secondary N) is 1. The number of hydrogen-bond donors (Lipinski definition) is 1. The van der Waals surface area contributed by atoms with Crippen molar-refractivity contribution in [2.45, 2.75) is 13.3 Å². The quantitative estimate of drug-likeness (QED) is 0.788. The van der Waals surface area contributed by atoms with Crippen LogP contribution in [0, 0.1) is 6.92 Å². The minimum absolute atomic E-state index is 0.627. The molecule has 0 saturated heterocycles. The number of hydrogen-bond acceptors (Lipinski definition) is 4. The number of rotatable bonds is 4. The maximum absolute atomic E-state index is 5.90. The van der Waals surface area contributed by atoms with Gasteiger partial charge in [-0.2, -0.15) is 5.21 Å². The first kappa shape index (κ1) is 12.3. The molecule has 0 atom stereocenters. The van der Waals surface area contributed by atoms with Crippen LogP contribution in [-0.2, 0) is 6.42 Å². The van der Waals surface area contributed by atoms with Gasteiger partial charge in [0.1, 0.15) is 11.5 Å². The molecule has 0 fully saturated rings. The van der Waals surface area contributed by atoms with Crippen molar-refractivity contribution in [2.24, 2.45) is 0 Å². The molecule has 5 nitrogen and oxygen atoms in total. The molecule has 0 aliphatic carbocycles. The van der Waals surface area contributed by atoms with Crippen LogP contribution in [0.15, 0.2) is 48.5 Å². The summed E-state index contributed by atoms with van der Waals surface area (Å²) in [6.45, 7) is 2.02. The highest BCUT2D eigenvalue weighted by Crippen LogP contribution is 2.26. The third kappa shape index (κ3) is 2.83. The highest BCUT2D eigenvalue weighted by Gasteiger charge is 2.06. The average molecular weight is 266 g/mol. The van der Waals surface area contributed by atoms with Crippen LogP contribution in [0.2, 0.25) is 0 Å². The topological polar surface area (TPSA) is 63.7 Å².